The summed E-state index contributed by atoms with van der Waals surface area (Å²) in [5.74, 6) is 0.767. The van der Waals surface area contributed by atoms with E-state index in [1.54, 1.807) is 30.3 Å². The monoisotopic (exact) mass is 432 g/mol. The molecule has 2 N–H and O–H groups in total. The molecule has 2 aliphatic heterocycles. The van der Waals surface area contributed by atoms with Crippen molar-refractivity contribution in [2.75, 3.05) is 0 Å². The first-order chi connectivity index (χ1) is 16.1. The summed E-state index contributed by atoms with van der Waals surface area (Å²) in [5, 5.41) is 23.8. The summed E-state index contributed by atoms with van der Waals surface area (Å²) in [5.41, 5.74) is 1.36. The largest absolute Gasteiger partial charge is 0.508 e. The van der Waals surface area contributed by atoms with E-state index in [9.17, 15) is 15.0 Å². The molecular weight excluding hydrogens is 416 g/mol. The Bertz CT molecular complexity index is 1670. The van der Waals surface area contributed by atoms with Crippen LogP contribution in [0.15, 0.2) is 84.9 Å². The Kier molecular flexibility index (Phi) is 3.32. The fraction of sp³-hybridized carbons (Fsp3) is 0.0357. The maximum Gasteiger partial charge on any atom is 0.340 e. The number of rotatable bonds is 0. The Morgan fingerprint density at radius 3 is 2.45 bits per heavy atom. The molecule has 5 heteroatoms. The number of carbonyl (C=O) groups is 1. The van der Waals surface area contributed by atoms with Crippen molar-refractivity contribution in [3.63, 3.8) is 0 Å². The van der Waals surface area contributed by atoms with Crippen LogP contribution in [0.5, 0.6) is 23.0 Å². The first-order valence-corrected chi connectivity index (χ1v) is 10.6. The Balaban J connectivity index is 1.66. The van der Waals surface area contributed by atoms with Crippen LogP contribution in [0.4, 0.5) is 0 Å². The zero-order valence-electron chi connectivity index (χ0n) is 17.2. The average molecular weight is 432 g/mol. The van der Waals surface area contributed by atoms with Gasteiger partial charge >= 0.3 is 5.97 Å². The lowest BCUT2D eigenvalue weighted by Crippen LogP contribution is -2.33. The molecule has 0 radical (unpaired) electrons. The summed E-state index contributed by atoms with van der Waals surface area (Å²) in [4.78, 5) is 13.1. The van der Waals surface area contributed by atoms with Crippen LogP contribution in [0.1, 0.15) is 27.0 Å². The number of phenols is 2. The van der Waals surface area contributed by atoms with Crippen molar-refractivity contribution in [1.82, 2.24) is 0 Å². The van der Waals surface area contributed by atoms with E-state index in [-0.39, 0.29) is 11.5 Å². The van der Waals surface area contributed by atoms with Crippen LogP contribution in [0.2, 0.25) is 0 Å². The van der Waals surface area contributed by atoms with E-state index >= 15 is 0 Å². The summed E-state index contributed by atoms with van der Waals surface area (Å²) in [7, 11) is 0. The minimum atomic E-state index is -1.22. The molecule has 5 aromatic carbocycles. The molecular formula is C28H16O5. The molecule has 0 saturated carbocycles. The highest BCUT2D eigenvalue weighted by Gasteiger charge is 2.54. The van der Waals surface area contributed by atoms with E-state index < -0.39 is 11.6 Å². The molecule has 0 amide bonds. The highest BCUT2D eigenvalue weighted by molar-refractivity contribution is 6.01. The van der Waals surface area contributed by atoms with Crippen LogP contribution in [-0.2, 0) is 10.3 Å². The van der Waals surface area contributed by atoms with Crippen molar-refractivity contribution in [2.45, 2.75) is 5.60 Å². The number of hydrogen-bond donors (Lipinski definition) is 2. The standard InChI is InChI=1S/C28H16O5/c29-18-10-8-16-13-22-24(14-17(16)12-18)32-26-21(11-9-15-4-3-7-23(30)25(15)26)28(22)20-6-2-1-5-19(20)27(31)33-28/h1-14,29-30H. The Morgan fingerprint density at radius 1 is 0.697 bits per heavy atom. The summed E-state index contributed by atoms with van der Waals surface area (Å²) >= 11 is 0. The fourth-order valence-electron chi connectivity index (χ4n) is 5.21. The van der Waals surface area contributed by atoms with E-state index in [0.29, 0.717) is 33.6 Å². The molecule has 2 aliphatic rings. The zero-order valence-corrected chi connectivity index (χ0v) is 17.2. The highest BCUT2D eigenvalue weighted by atomic mass is 16.6. The van der Waals surface area contributed by atoms with Crippen LogP contribution in [-0.4, -0.2) is 16.2 Å². The SMILES string of the molecule is O=C1OC2(c3cc4ccc(O)cc4cc3Oc3c2ccc2cccc(O)c32)c2ccccc21. The third-order valence-electron chi connectivity index (χ3n) is 6.64. The maximum atomic E-state index is 13.1. The number of fused-ring (bicyclic) bond motifs is 9. The lowest BCUT2D eigenvalue weighted by atomic mass is 9.76. The van der Waals surface area contributed by atoms with E-state index in [1.165, 1.54) is 0 Å². The van der Waals surface area contributed by atoms with Crippen molar-refractivity contribution < 1.29 is 24.5 Å². The molecule has 0 aliphatic carbocycles. The average Bonchev–Trinajstić information content (AvgIpc) is 3.11. The van der Waals surface area contributed by atoms with Crippen LogP contribution >= 0.6 is 0 Å². The van der Waals surface area contributed by atoms with Crippen LogP contribution in [0, 0.1) is 0 Å². The quantitative estimate of drug-likeness (QED) is 0.295. The third kappa shape index (κ3) is 2.23. The Labute approximate surface area is 188 Å². The van der Waals surface area contributed by atoms with E-state index in [1.807, 2.05) is 54.6 Å². The van der Waals surface area contributed by atoms with E-state index in [4.69, 9.17) is 9.47 Å². The van der Waals surface area contributed by atoms with E-state index in [0.717, 1.165) is 21.7 Å². The summed E-state index contributed by atoms with van der Waals surface area (Å²) < 4.78 is 12.6. The molecule has 0 fully saturated rings. The molecule has 2 heterocycles. The Hall–Kier alpha value is -4.51. The van der Waals surface area contributed by atoms with Gasteiger partial charge in [0.1, 0.15) is 23.0 Å². The predicted molar refractivity (Wildman–Crippen MR) is 123 cm³/mol. The molecule has 1 unspecified atom stereocenters. The number of benzene rings is 5. The lowest BCUT2D eigenvalue weighted by molar-refractivity contribution is 0.0226. The maximum absolute atomic E-state index is 13.1. The van der Waals surface area contributed by atoms with Gasteiger partial charge in [-0.3, -0.25) is 0 Å². The minimum Gasteiger partial charge on any atom is -0.508 e. The van der Waals surface area contributed by atoms with Crippen molar-refractivity contribution in [1.29, 1.82) is 0 Å². The first kappa shape index (κ1) is 18.1. The molecule has 5 nitrogen and oxygen atoms in total. The molecule has 0 aromatic heterocycles. The minimum absolute atomic E-state index is 0.0824. The van der Waals surface area contributed by atoms with E-state index in [2.05, 4.69) is 0 Å². The second kappa shape index (κ2) is 6.04. The van der Waals surface area contributed by atoms with Gasteiger partial charge in [0.05, 0.1) is 10.9 Å². The molecule has 1 atom stereocenters. The van der Waals surface area contributed by atoms with Gasteiger partial charge < -0.3 is 19.7 Å². The first-order valence-electron chi connectivity index (χ1n) is 10.6. The predicted octanol–water partition coefficient (Wildman–Crippen LogP) is 5.97. The highest BCUT2D eigenvalue weighted by Crippen LogP contribution is 2.58. The van der Waals surface area contributed by atoms with Crippen molar-refractivity contribution in [3.8, 4) is 23.0 Å². The van der Waals surface area contributed by atoms with Crippen molar-refractivity contribution in [3.05, 3.63) is 107 Å². The van der Waals surface area contributed by atoms with Crippen LogP contribution in [0.3, 0.4) is 0 Å². The van der Waals surface area contributed by atoms with Gasteiger partial charge in [-0.05, 0) is 58.6 Å². The topological polar surface area (TPSA) is 76.0 Å². The number of carbonyl (C=O) groups excluding carboxylic acids is 1. The van der Waals surface area contributed by atoms with Gasteiger partial charge in [0.25, 0.3) is 0 Å². The third-order valence-corrected chi connectivity index (χ3v) is 6.64. The smallest absolute Gasteiger partial charge is 0.340 e. The van der Waals surface area contributed by atoms with Crippen molar-refractivity contribution in [2.24, 2.45) is 0 Å². The number of aromatic hydroxyl groups is 2. The zero-order chi connectivity index (χ0) is 22.3. The Morgan fingerprint density at radius 2 is 1.55 bits per heavy atom. The van der Waals surface area contributed by atoms with Gasteiger partial charge in [-0.25, -0.2) is 4.79 Å². The lowest BCUT2D eigenvalue weighted by Gasteiger charge is -2.37. The molecule has 158 valence electrons. The summed E-state index contributed by atoms with van der Waals surface area (Å²) in [6.07, 6.45) is 0. The number of ether oxygens (including phenoxy) is 2. The van der Waals surface area contributed by atoms with Gasteiger partial charge in [0.2, 0.25) is 0 Å². The molecule has 7 rings (SSSR count). The number of hydrogen-bond acceptors (Lipinski definition) is 5. The molecule has 33 heavy (non-hydrogen) atoms. The van der Waals surface area contributed by atoms with Gasteiger partial charge in [0, 0.05) is 16.7 Å². The second-order valence-corrected chi connectivity index (χ2v) is 8.42. The van der Waals surface area contributed by atoms with Gasteiger partial charge in [-0.1, -0.05) is 42.5 Å². The van der Waals surface area contributed by atoms with Crippen LogP contribution < -0.4 is 4.74 Å². The van der Waals surface area contributed by atoms with Gasteiger partial charge in [0.15, 0.2) is 5.60 Å². The summed E-state index contributed by atoms with van der Waals surface area (Å²) in [6.45, 7) is 0. The van der Waals surface area contributed by atoms with Crippen molar-refractivity contribution >= 4 is 27.5 Å². The fourth-order valence-corrected chi connectivity index (χ4v) is 5.21. The molecule has 1 spiro atoms. The second-order valence-electron chi connectivity index (χ2n) is 8.42. The number of esters is 1. The van der Waals surface area contributed by atoms with Gasteiger partial charge in [-0.15, -0.1) is 0 Å². The molecule has 5 aromatic rings. The van der Waals surface area contributed by atoms with Crippen LogP contribution in [0.25, 0.3) is 21.5 Å². The normalized spacial score (nSPS) is 18.0. The van der Waals surface area contributed by atoms with Gasteiger partial charge in [-0.2, -0.15) is 0 Å². The number of phenolic OH excluding ortho intramolecular Hbond substituents is 2. The summed E-state index contributed by atoms with van der Waals surface area (Å²) in [6, 6.07) is 25.3. The molecule has 0 saturated heterocycles. The molecule has 0 bridgehead atoms.